The van der Waals surface area contributed by atoms with Crippen LogP contribution in [0.3, 0.4) is 0 Å². The number of ether oxygens (including phenoxy) is 2. The quantitative estimate of drug-likeness (QED) is 0.602. The number of hydrogen-bond acceptors (Lipinski definition) is 3. The van der Waals surface area contributed by atoms with Crippen molar-refractivity contribution in [2.75, 3.05) is 13.2 Å². The third-order valence-corrected chi connectivity index (χ3v) is 1.59. The van der Waals surface area contributed by atoms with E-state index in [2.05, 4.69) is 6.92 Å². The Balaban J connectivity index is 3.80. The zero-order valence-corrected chi connectivity index (χ0v) is 8.30. The van der Waals surface area contributed by atoms with Crippen LogP contribution in [0, 0.1) is 0 Å². The van der Waals surface area contributed by atoms with Gasteiger partial charge in [0, 0.05) is 19.6 Å². The van der Waals surface area contributed by atoms with Crippen LogP contribution in [0.1, 0.15) is 40.0 Å². The van der Waals surface area contributed by atoms with Gasteiger partial charge in [0.2, 0.25) is 0 Å². The second-order valence-electron chi connectivity index (χ2n) is 2.68. The molecular weight excluding hydrogens is 156 g/mol. The van der Waals surface area contributed by atoms with Crippen molar-refractivity contribution in [3.63, 3.8) is 0 Å². The fourth-order valence-corrected chi connectivity index (χ4v) is 1.04. The highest BCUT2D eigenvalue weighted by Gasteiger charge is 2.26. The van der Waals surface area contributed by atoms with Crippen molar-refractivity contribution in [1.29, 1.82) is 0 Å². The molecule has 0 aromatic carbocycles. The molecule has 0 saturated carbocycles. The molecule has 0 radical (unpaired) electrons. The van der Waals surface area contributed by atoms with Crippen LogP contribution < -0.4 is 0 Å². The van der Waals surface area contributed by atoms with Crippen LogP contribution in [0.5, 0.6) is 0 Å². The highest BCUT2D eigenvalue weighted by molar-refractivity contribution is 4.53. The molecule has 12 heavy (non-hydrogen) atoms. The van der Waals surface area contributed by atoms with Crippen LogP contribution in [0.15, 0.2) is 0 Å². The van der Waals surface area contributed by atoms with E-state index in [9.17, 15) is 5.11 Å². The van der Waals surface area contributed by atoms with E-state index in [0.717, 1.165) is 12.8 Å². The predicted molar refractivity (Wildman–Crippen MR) is 47.7 cm³/mol. The van der Waals surface area contributed by atoms with Crippen molar-refractivity contribution < 1.29 is 14.6 Å². The number of hydrogen-bond donors (Lipinski definition) is 1. The van der Waals surface area contributed by atoms with Gasteiger partial charge in [0.15, 0.2) is 0 Å². The molecule has 0 rings (SSSR count). The minimum absolute atomic E-state index is 0.472. The topological polar surface area (TPSA) is 38.7 Å². The van der Waals surface area contributed by atoms with Gasteiger partial charge in [0.25, 0.3) is 5.97 Å². The van der Waals surface area contributed by atoms with Crippen molar-refractivity contribution in [2.24, 2.45) is 0 Å². The first kappa shape index (κ1) is 11.9. The highest BCUT2D eigenvalue weighted by atomic mass is 16.8. The summed E-state index contributed by atoms with van der Waals surface area (Å²) < 4.78 is 10.2. The van der Waals surface area contributed by atoms with E-state index in [1.165, 1.54) is 0 Å². The summed E-state index contributed by atoms with van der Waals surface area (Å²) >= 11 is 0. The van der Waals surface area contributed by atoms with Gasteiger partial charge in [0.1, 0.15) is 0 Å². The maximum Gasteiger partial charge on any atom is 0.280 e. The van der Waals surface area contributed by atoms with Crippen LogP contribution in [-0.2, 0) is 9.47 Å². The van der Waals surface area contributed by atoms with Gasteiger partial charge in [-0.3, -0.25) is 0 Å². The Kier molecular flexibility index (Phi) is 6.34. The first-order valence-corrected chi connectivity index (χ1v) is 4.68. The maximum atomic E-state index is 9.70. The Labute approximate surface area is 74.7 Å². The first-order chi connectivity index (χ1) is 5.68. The molecule has 0 fully saturated rings. The van der Waals surface area contributed by atoms with Gasteiger partial charge in [-0.1, -0.05) is 13.3 Å². The van der Waals surface area contributed by atoms with Gasteiger partial charge in [-0.15, -0.1) is 0 Å². The second-order valence-corrected chi connectivity index (χ2v) is 2.68. The van der Waals surface area contributed by atoms with E-state index < -0.39 is 5.97 Å². The fraction of sp³-hybridized carbons (Fsp3) is 1.00. The minimum Gasteiger partial charge on any atom is -0.343 e. The Morgan fingerprint density at radius 2 is 1.58 bits per heavy atom. The Morgan fingerprint density at radius 1 is 1.08 bits per heavy atom. The second kappa shape index (κ2) is 6.40. The van der Waals surface area contributed by atoms with Gasteiger partial charge >= 0.3 is 0 Å². The van der Waals surface area contributed by atoms with Crippen molar-refractivity contribution in [2.45, 2.75) is 46.0 Å². The van der Waals surface area contributed by atoms with Gasteiger partial charge in [-0.2, -0.15) is 0 Å². The molecule has 0 spiro atoms. The van der Waals surface area contributed by atoms with Gasteiger partial charge in [0.05, 0.1) is 0 Å². The summed E-state index contributed by atoms with van der Waals surface area (Å²) in [5.74, 6) is -1.35. The molecule has 0 aromatic rings. The molecule has 3 nitrogen and oxygen atoms in total. The van der Waals surface area contributed by atoms with E-state index in [-0.39, 0.29) is 0 Å². The molecule has 0 amide bonds. The fourth-order valence-electron chi connectivity index (χ4n) is 1.04. The van der Waals surface area contributed by atoms with Crippen LogP contribution in [0.25, 0.3) is 0 Å². The van der Waals surface area contributed by atoms with Crippen molar-refractivity contribution in [3.8, 4) is 0 Å². The largest absolute Gasteiger partial charge is 0.343 e. The lowest BCUT2D eigenvalue weighted by Gasteiger charge is -2.26. The van der Waals surface area contributed by atoms with E-state index in [1.54, 1.807) is 0 Å². The van der Waals surface area contributed by atoms with E-state index in [1.807, 2.05) is 13.8 Å². The van der Waals surface area contributed by atoms with E-state index >= 15 is 0 Å². The monoisotopic (exact) mass is 176 g/mol. The standard InChI is InChI=1S/C9H20O3/c1-4-7-8-9(10,11-5-2)12-6-3/h10H,4-8H2,1-3H3. The molecule has 1 N–H and O–H groups in total. The van der Waals surface area contributed by atoms with Gasteiger partial charge in [-0.25, -0.2) is 0 Å². The lowest BCUT2D eigenvalue weighted by atomic mass is 10.2. The smallest absolute Gasteiger partial charge is 0.280 e. The first-order valence-electron chi connectivity index (χ1n) is 4.68. The lowest BCUT2D eigenvalue weighted by Crippen LogP contribution is -2.35. The third-order valence-electron chi connectivity index (χ3n) is 1.59. The Hall–Kier alpha value is -0.120. The summed E-state index contributed by atoms with van der Waals surface area (Å²) in [7, 11) is 0. The summed E-state index contributed by atoms with van der Waals surface area (Å²) in [4.78, 5) is 0. The molecule has 0 aromatic heterocycles. The van der Waals surface area contributed by atoms with Crippen LogP contribution in [0.4, 0.5) is 0 Å². The molecule has 0 aliphatic heterocycles. The van der Waals surface area contributed by atoms with Gasteiger partial charge < -0.3 is 14.6 Å². The summed E-state index contributed by atoms with van der Waals surface area (Å²) in [6.07, 6.45) is 2.49. The molecule has 0 saturated heterocycles. The lowest BCUT2D eigenvalue weighted by molar-refractivity contribution is -0.360. The predicted octanol–water partition coefficient (Wildman–Crippen LogP) is 1.90. The van der Waals surface area contributed by atoms with Crippen molar-refractivity contribution in [3.05, 3.63) is 0 Å². The average molecular weight is 176 g/mol. The molecule has 3 heteroatoms. The molecule has 0 atom stereocenters. The summed E-state index contributed by atoms with van der Waals surface area (Å²) in [6.45, 7) is 6.70. The van der Waals surface area contributed by atoms with Crippen LogP contribution in [-0.4, -0.2) is 24.3 Å². The maximum absolute atomic E-state index is 9.70. The molecule has 0 aliphatic carbocycles. The summed E-state index contributed by atoms with van der Waals surface area (Å²) in [5.41, 5.74) is 0. The molecule has 0 bridgehead atoms. The normalized spacial score (nSPS) is 12.0. The molecule has 0 aliphatic rings. The van der Waals surface area contributed by atoms with Crippen LogP contribution in [0.2, 0.25) is 0 Å². The van der Waals surface area contributed by atoms with E-state index in [4.69, 9.17) is 9.47 Å². The molecule has 0 heterocycles. The number of aliphatic hydroxyl groups is 1. The SMILES string of the molecule is CCCCC(O)(OCC)OCC. The van der Waals surface area contributed by atoms with Gasteiger partial charge in [-0.05, 0) is 20.3 Å². The Morgan fingerprint density at radius 3 is 1.92 bits per heavy atom. The third kappa shape index (κ3) is 4.70. The minimum atomic E-state index is -1.35. The Bertz CT molecular complexity index is 97.9. The average Bonchev–Trinajstić information content (AvgIpc) is 2.02. The zero-order valence-electron chi connectivity index (χ0n) is 8.30. The molecule has 0 unspecified atom stereocenters. The highest BCUT2D eigenvalue weighted by Crippen LogP contribution is 2.17. The molecular formula is C9H20O3. The van der Waals surface area contributed by atoms with Crippen molar-refractivity contribution >= 4 is 0 Å². The van der Waals surface area contributed by atoms with Crippen LogP contribution >= 0.6 is 0 Å². The van der Waals surface area contributed by atoms with E-state index in [0.29, 0.717) is 19.6 Å². The summed E-state index contributed by atoms with van der Waals surface area (Å²) in [5, 5.41) is 9.70. The summed E-state index contributed by atoms with van der Waals surface area (Å²) in [6, 6.07) is 0. The van der Waals surface area contributed by atoms with Crippen molar-refractivity contribution in [1.82, 2.24) is 0 Å². The zero-order chi connectivity index (χ0) is 9.45. The number of rotatable bonds is 7. The number of unbranched alkanes of at least 4 members (excludes halogenated alkanes) is 1. The molecule has 74 valence electrons.